The molecule has 0 fully saturated rings. The Morgan fingerprint density at radius 2 is 2.07 bits per heavy atom. The van der Waals surface area contributed by atoms with Crippen LogP contribution in [0.2, 0.25) is 0 Å². The first-order valence-corrected chi connectivity index (χ1v) is 12.3. The Bertz CT molecular complexity index is 1280. The summed E-state index contributed by atoms with van der Waals surface area (Å²) in [5.41, 5.74) is 1.69. The van der Waals surface area contributed by atoms with E-state index in [0.29, 0.717) is 20.6 Å². The third-order valence-electron chi connectivity index (χ3n) is 4.77. The van der Waals surface area contributed by atoms with Crippen molar-refractivity contribution in [1.29, 1.82) is 0 Å². The van der Waals surface area contributed by atoms with Crippen LogP contribution in [0.3, 0.4) is 0 Å². The molecule has 0 saturated heterocycles. The molecule has 0 aliphatic carbocycles. The number of allylic oxidation sites excluding steroid dienone is 1. The van der Waals surface area contributed by atoms with Gasteiger partial charge in [-0.2, -0.15) is 0 Å². The molecule has 0 unspecified atom stereocenters. The summed E-state index contributed by atoms with van der Waals surface area (Å²) >= 11 is 4.56. The molecular weight excluding hydrogens is 436 g/mol. The van der Waals surface area contributed by atoms with E-state index in [4.69, 9.17) is 4.74 Å². The predicted molar refractivity (Wildman–Crippen MR) is 123 cm³/mol. The van der Waals surface area contributed by atoms with E-state index in [1.165, 1.54) is 11.3 Å². The van der Waals surface area contributed by atoms with E-state index in [2.05, 4.69) is 4.99 Å². The molecule has 0 N–H and O–H groups in total. The molecule has 30 heavy (non-hydrogen) atoms. The van der Waals surface area contributed by atoms with Crippen LogP contribution < -0.4 is 14.9 Å². The number of thioether (sulfide) groups is 1. The molecule has 1 aliphatic heterocycles. The van der Waals surface area contributed by atoms with Crippen LogP contribution in [0.15, 0.2) is 67.7 Å². The summed E-state index contributed by atoms with van der Waals surface area (Å²) in [5, 5.41) is 1.97. The number of esters is 1. The summed E-state index contributed by atoms with van der Waals surface area (Å²) < 4.78 is 7.54. The molecule has 8 heteroatoms. The minimum Gasteiger partial charge on any atom is -0.463 e. The molecule has 0 radical (unpaired) electrons. The number of carbonyl (C=O) groups excluding carboxylic acids is 1. The average molecular weight is 457 g/mol. The molecule has 2 aromatic heterocycles. The second kappa shape index (κ2) is 8.75. The van der Waals surface area contributed by atoms with Gasteiger partial charge in [0, 0.05) is 9.77 Å². The smallest absolute Gasteiger partial charge is 0.338 e. The number of carbonyl (C=O) groups is 1. The zero-order valence-electron chi connectivity index (χ0n) is 16.7. The number of nitrogens with zero attached hydrogens (tertiary/aromatic N) is 2. The normalized spacial score (nSPS) is 16.4. The van der Waals surface area contributed by atoms with Crippen LogP contribution in [-0.4, -0.2) is 23.4 Å². The number of aromatic nitrogens is 1. The van der Waals surface area contributed by atoms with Crippen LogP contribution in [0.5, 0.6) is 0 Å². The number of thiophene rings is 1. The fraction of sp³-hybridized carbons (Fsp3) is 0.227. The highest BCUT2D eigenvalue weighted by Gasteiger charge is 2.33. The number of benzene rings is 1. The van der Waals surface area contributed by atoms with Crippen molar-refractivity contribution in [2.45, 2.75) is 24.8 Å². The lowest BCUT2D eigenvalue weighted by atomic mass is 9.96. The fourth-order valence-corrected chi connectivity index (χ4v) is 5.57. The first kappa shape index (κ1) is 20.8. The maximum atomic E-state index is 13.4. The molecule has 0 amide bonds. The standard InChI is InChI=1S/C22H20N2O3S3/c1-4-27-21(26)18-13(2)23-22-24(19(18)14-7-9-15(28-3)10-8-14)20(25)17(30-22)12-16-6-5-11-29-16/h5-12,19H,4H2,1-3H3/b17-12-/t19-/m1/s1. The third-order valence-corrected chi connectivity index (χ3v) is 7.31. The summed E-state index contributed by atoms with van der Waals surface area (Å²) in [4.78, 5) is 33.5. The first-order chi connectivity index (χ1) is 14.5. The van der Waals surface area contributed by atoms with Crippen molar-refractivity contribution < 1.29 is 9.53 Å². The topological polar surface area (TPSA) is 60.7 Å². The quantitative estimate of drug-likeness (QED) is 0.435. The molecular formula is C22H20N2O3S3. The van der Waals surface area contributed by atoms with Crippen LogP contribution in [0, 0.1) is 0 Å². The van der Waals surface area contributed by atoms with Gasteiger partial charge in [-0.3, -0.25) is 9.36 Å². The van der Waals surface area contributed by atoms with Crippen LogP contribution >= 0.6 is 34.4 Å². The van der Waals surface area contributed by atoms with E-state index in [1.54, 1.807) is 41.5 Å². The van der Waals surface area contributed by atoms with Crippen LogP contribution in [0.1, 0.15) is 30.3 Å². The highest BCUT2D eigenvalue weighted by atomic mass is 32.2. The van der Waals surface area contributed by atoms with E-state index in [9.17, 15) is 9.59 Å². The summed E-state index contributed by atoms with van der Waals surface area (Å²) in [6.45, 7) is 3.83. The number of hydrogen-bond acceptors (Lipinski definition) is 7. The van der Waals surface area contributed by atoms with Gasteiger partial charge in [-0.25, -0.2) is 9.79 Å². The van der Waals surface area contributed by atoms with Gasteiger partial charge in [0.2, 0.25) is 0 Å². The van der Waals surface area contributed by atoms with E-state index in [1.807, 2.05) is 54.1 Å². The number of thiazole rings is 1. The van der Waals surface area contributed by atoms with Gasteiger partial charge in [-0.15, -0.1) is 23.1 Å². The maximum Gasteiger partial charge on any atom is 0.338 e. The molecule has 0 saturated carbocycles. The van der Waals surface area contributed by atoms with E-state index in [0.717, 1.165) is 15.3 Å². The Morgan fingerprint density at radius 3 is 2.70 bits per heavy atom. The van der Waals surface area contributed by atoms with Crippen molar-refractivity contribution in [3.05, 3.63) is 83.2 Å². The van der Waals surface area contributed by atoms with E-state index < -0.39 is 12.0 Å². The molecule has 4 rings (SSSR count). The number of fused-ring (bicyclic) bond motifs is 1. The molecule has 5 nitrogen and oxygen atoms in total. The Kier molecular flexibility index (Phi) is 6.08. The number of ether oxygens (including phenoxy) is 1. The largest absolute Gasteiger partial charge is 0.463 e. The SMILES string of the molecule is CCOC(=O)C1=C(C)N=c2s/c(=C\c3cccs3)c(=O)n2[C@@H]1c1ccc(SC)cc1. The lowest BCUT2D eigenvalue weighted by molar-refractivity contribution is -0.139. The second-order valence-corrected chi connectivity index (χ2v) is 9.46. The third kappa shape index (κ3) is 3.82. The Balaban J connectivity index is 1.95. The van der Waals surface area contributed by atoms with Gasteiger partial charge < -0.3 is 4.74 Å². The zero-order chi connectivity index (χ0) is 21.3. The molecule has 1 aliphatic rings. The predicted octanol–water partition coefficient (Wildman–Crippen LogP) is 3.58. The van der Waals surface area contributed by atoms with Crippen molar-refractivity contribution in [2.75, 3.05) is 12.9 Å². The molecule has 3 aromatic rings. The van der Waals surface area contributed by atoms with Crippen LogP contribution in [0.4, 0.5) is 0 Å². The lowest BCUT2D eigenvalue weighted by Gasteiger charge is -2.24. The summed E-state index contributed by atoms with van der Waals surface area (Å²) in [6.07, 6.45) is 3.89. The Labute approximate surface area is 186 Å². The fourth-order valence-electron chi connectivity index (χ4n) is 3.40. The highest BCUT2D eigenvalue weighted by molar-refractivity contribution is 7.98. The van der Waals surface area contributed by atoms with Crippen LogP contribution in [0.25, 0.3) is 6.08 Å². The van der Waals surface area contributed by atoms with Gasteiger partial charge in [0.15, 0.2) is 4.80 Å². The Morgan fingerprint density at radius 1 is 1.30 bits per heavy atom. The Hall–Kier alpha value is -2.42. The van der Waals surface area contributed by atoms with Crippen molar-refractivity contribution in [2.24, 2.45) is 4.99 Å². The molecule has 0 spiro atoms. The first-order valence-electron chi connectivity index (χ1n) is 9.40. The number of hydrogen-bond donors (Lipinski definition) is 0. The van der Waals surface area contributed by atoms with Crippen molar-refractivity contribution in [3.63, 3.8) is 0 Å². The maximum absolute atomic E-state index is 13.4. The molecule has 154 valence electrons. The van der Waals surface area contributed by atoms with Gasteiger partial charge in [0.25, 0.3) is 5.56 Å². The average Bonchev–Trinajstić information content (AvgIpc) is 3.36. The zero-order valence-corrected chi connectivity index (χ0v) is 19.2. The van der Waals surface area contributed by atoms with E-state index in [-0.39, 0.29) is 12.2 Å². The van der Waals surface area contributed by atoms with Gasteiger partial charge >= 0.3 is 5.97 Å². The van der Waals surface area contributed by atoms with Gasteiger partial charge in [0.05, 0.1) is 28.5 Å². The molecule has 1 atom stereocenters. The van der Waals surface area contributed by atoms with Gasteiger partial charge in [-0.1, -0.05) is 29.5 Å². The minimum atomic E-state index is -0.568. The molecule has 1 aromatic carbocycles. The lowest BCUT2D eigenvalue weighted by Crippen LogP contribution is -2.39. The van der Waals surface area contributed by atoms with E-state index >= 15 is 0 Å². The highest BCUT2D eigenvalue weighted by Crippen LogP contribution is 2.31. The van der Waals surface area contributed by atoms with Crippen LogP contribution in [-0.2, 0) is 9.53 Å². The second-order valence-electron chi connectivity index (χ2n) is 6.59. The molecule has 3 heterocycles. The molecule has 0 bridgehead atoms. The van der Waals surface area contributed by atoms with Crippen molar-refractivity contribution >= 4 is 46.5 Å². The van der Waals surface area contributed by atoms with Gasteiger partial charge in [0.1, 0.15) is 0 Å². The van der Waals surface area contributed by atoms with Gasteiger partial charge in [-0.05, 0) is 55.3 Å². The van der Waals surface area contributed by atoms with Crippen molar-refractivity contribution in [3.8, 4) is 0 Å². The summed E-state index contributed by atoms with van der Waals surface area (Å²) in [5.74, 6) is -0.440. The summed E-state index contributed by atoms with van der Waals surface area (Å²) in [7, 11) is 0. The summed E-state index contributed by atoms with van der Waals surface area (Å²) in [6, 6.07) is 11.3. The monoisotopic (exact) mass is 456 g/mol. The van der Waals surface area contributed by atoms with Crippen molar-refractivity contribution in [1.82, 2.24) is 4.57 Å². The minimum absolute atomic E-state index is 0.152. The number of rotatable bonds is 5.